The third-order valence-electron chi connectivity index (χ3n) is 2.18. The molecule has 0 aliphatic carbocycles. The predicted octanol–water partition coefficient (Wildman–Crippen LogP) is 2.37. The van der Waals surface area contributed by atoms with Gasteiger partial charge in [0.2, 0.25) is 6.04 Å². The van der Waals surface area contributed by atoms with Crippen molar-refractivity contribution in [3.63, 3.8) is 0 Å². The number of benzene rings is 1. The van der Waals surface area contributed by atoms with Gasteiger partial charge in [-0.2, -0.15) is 0 Å². The Hall–Kier alpha value is -1.35. The predicted molar refractivity (Wildman–Crippen MR) is 61.0 cm³/mol. The summed E-state index contributed by atoms with van der Waals surface area (Å²) < 4.78 is 6.04. The molecule has 0 radical (unpaired) electrons. The summed E-state index contributed by atoms with van der Waals surface area (Å²) in [4.78, 5) is 0. The normalized spacial score (nSPS) is 13.9. The van der Waals surface area contributed by atoms with Crippen LogP contribution in [0.4, 0.5) is 0 Å². The molecule has 0 aliphatic rings. The van der Waals surface area contributed by atoms with Crippen molar-refractivity contribution in [2.24, 2.45) is 0 Å². The summed E-state index contributed by atoms with van der Waals surface area (Å²) in [5.41, 5.74) is 0.985. The summed E-state index contributed by atoms with van der Waals surface area (Å²) in [6.07, 6.45) is 2.37. The molecule has 0 amide bonds. The van der Waals surface area contributed by atoms with Gasteiger partial charge in [0.1, 0.15) is 6.61 Å². The van der Waals surface area contributed by atoms with Crippen LogP contribution in [0.2, 0.25) is 0 Å². The van der Waals surface area contributed by atoms with Crippen LogP contribution in [-0.4, -0.2) is 24.7 Å². The van der Waals surface area contributed by atoms with Crippen molar-refractivity contribution in [3.8, 4) is 0 Å². The van der Waals surface area contributed by atoms with Gasteiger partial charge in [-0.05, 0) is 0 Å². The Bertz CT molecular complexity index is 309. The largest absolute Gasteiger partial charge is 0.624 e. The van der Waals surface area contributed by atoms with E-state index in [2.05, 4.69) is 0 Å². The second-order valence-electron chi connectivity index (χ2n) is 3.33. The quantitative estimate of drug-likeness (QED) is 0.321. The van der Waals surface area contributed by atoms with Gasteiger partial charge in [-0.1, -0.05) is 37.3 Å². The molecule has 0 aromatic heterocycles. The summed E-state index contributed by atoms with van der Waals surface area (Å²) in [7, 11) is 1.61. The Balaban J connectivity index is 2.88. The van der Waals surface area contributed by atoms with Gasteiger partial charge in [0.25, 0.3) is 0 Å². The molecule has 1 aromatic rings. The summed E-state index contributed by atoms with van der Waals surface area (Å²) in [6, 6.07) is 9.44. The molecule has 0 saturated heterocycles. The Morgan fingerprint density at radius 1 is 1.40 bits per heavy atom. The molecule has 3 heteroatoms. The molecule has 0 saturated carbocycles. The molecule has 0 bridgehead atoms. The van der Waals surface area contributed by atoms with Crippen LogP contribution in [0.3, 0.4) is 0 Å². The second-order valence-corrected chi connectivity index (χ2v) is 3.33. The molecule has 3 nitrogen and oxygen atoms in total. The number of rotatable bonds is 5. The monoisotopic (exact) mass is 207 g/mol. The molecule has 1 rings (SSSR count). The van der Waals surface area contributed by atoms with Crippen LogP contribution in [-0.2, 0) is 4.74 Å². The van der Waals surface area contributed by atoms with E-state index in [1.165, 1.54) is 0 Å². The van der Waals surface area contributed by atoms with Gasteiger partial charge in [0, 0.05) is 19.1 Å². The highest BCUT2D eigenvalue weighted by Crippen LogP contribution is 2.16. The van der Waals surface area contributed by atoms with Crippen LogP contribution >= 0.6 is 0 Å². The summed E-state index contributed by atoms with van der Waals surface area (Å²) in [5.74, 6) is 0. The van der Waals surface area contributed by atoms with Gasteiger partial charge in [-0.3, -0.25) is 0 Å². The molecular weight excluding hydrogens is 190 g/mol. The molecule has 1 unspecified atom stereocenters. The third kappa shape index (κ3) is 3.36. The maximum atomic E-state index is 11.7. The number of hydrogen-bond donors (Lipinski definition) is 0. The van der Waals surface area contributed by atoms with Crippen molar-refractivity contribution in [2.75, 3.05) is 13.7 Å². The van der Waals surface area contributed by atoms with E-state index in [1.54, 1.807) is 13.3 Å². The van der Waals surface area contributed by atoms with Crippen LogP contribution in [0, 0.1) is 5.21 Å². The minimum atomic E-state index is -0.240. The molecule has 0 N–H and O–H groups in total. The highest BCUT2D eigenvalue weighted by Gasteiger charge is 2.17. The highest BCUT2D eigenvalue weighted by molar-refractivity contribution is 5.50. The fourth-order valence-corrected chi connectivity index (χ4v) is 1.46. The lowest BCUT2D eigenvalue weighted by atomic mass is 10.1. The zero-order valence-corrected chi connectivity index (χ0v) is 9.22. The van der Waals surface area contributed by atoms with Gasteiger partial charge in [-0.25, -0.2) is 4.74 Å². The zero-order valence-electron chi connectivity index (χ0n) is 9.22. The fourth-order valence-electron chi connectivity index (χ4n) is 1.46. The van der Waals surface area contributed by atoms with Gasteiger partial charge < -0.3 is 9.94 Å². The van der Waals surface area contributed by atoms with Crippen LogP contribution in [0.25, 0.3) is 0 Å². The average Bonchev–Trinajstić information content (AvgIpc) is 2.27. The molecule has 82 valence electrons. The first-order valence-electron chi connectivity index (χ1n) is 5.12. The Kier molecular flexibility index (Phi) is 4.84. The van der Waals surface area contributed by atoms with E-state index < -0.39 is 0 Å². The Morgan fingerprint density at radius 3 is 2.60 bits per heavy atom. The summed E-state index contributed by atoms with van der Waals surface area (Å²) in [6.45, 7) is 2.35. The van der Waals surface area contributed by atoms with E-state index >= 15 is 0 Å². The standard InChI is InChI=1S/C12H17NO2/c1-3-9-13(14)12(10-15-2)11-7-5-4-6-8-11/h4-9,12H,3,10H2,1-2H3/b13-9-. The first-order valence-corrected chi connectivity index (χ1v) is 5.12. The third-order valence-corrected chi connectivity index (χ3v) is 2.18. The van der Waals surface area contributed by atoms with Crippen molar-refractivity contribution in [2.45, 2.75) is 19.4 Å². The second kappa shape index (κ2) is 6.19. The highest BCUT2D eigenvalue weighted by atomic mass is 16.5. The number of ether oxygens (including phenoxy) is 1. The first kappa shape index (κ1) is 11.7. The lowest BCUT2D eigenvalue weighted by Gasteiger charge is -2.16. The van der Waals surface area contributed by atoms with Crippen molar-refractivity contribution in [3.05, 3.63) is 41.1 Å². The minimum absolute atomic E-state index is 0.240. The van der Waals surface area contributed by atoms with Gasteiger partial charge in [0.15, 0.2) is 6.21 Å². The molecular formula is C12H17NO2. The zero-order chi connectivity index (χ0) is 11.1. The maximum absolute atomic E-state index is 11.7. The van der Waals surface area contributed by atoms with Crippen molar-refractivity contribution < 1.29 is 9.48 Å². The maximum Gasteiger partial charge on any atom is 0.211 e. The van der Waals surface area contributed by atoms with E-state index in [-0.39, 0.29) is 6.04 Å². The Morgan fingerprint density at radius 2 is 2.07 bits per heavy atom. The number of methoxy groups -OCH3 is 1. The topological polar surface area (TPSA) is 35.3 Å². The lowest BCUT2D eigenvalue weighted by Crippen LogP contribution is -2.19. The minimum Gasteiger partial charge on any atom is -0.624 e. The van der Waals surface area contributed by atoms with Crippen LogP contribution in [0.15, 0.2) is 30.3 Å². The van der Waals surface area contributed by atoms with E-state index in [4.69, 9.17) is 4.74 Å². The van der Waals surface area contributed by atoms with Gasteiger partial charge >= 0.3 is 0 Å². The van der Waals surface area contributed by atoms with Crippen molar-refractivity contribution >= 4 is 6.21 Å². The van der Waals surface area contributed by atoms with Crippen molar-refractivity contribution in [1.82, 2.24) is 0 Å². The summed E-state index contributed by atoms with van der Waals surface area (Å²) >= 11 is 0. The number of hydrogen-bond acceptors (Lipinski definition) is 2. The first-order chi connectivity index (χ1) is 7.29. The lowest BCUT2D eigenvalue weighted by molar-refractivity contribution is -0.508. The van der Waals surface area contributed by atoms with E-state index in [9.17, 15) is 5.21 Å². The van der Waals surface area contributed by atoms with E-state index in [0.29, 0.717) is 6.61 Å². The van der Waals surface area contributed by atoms with Crippen molar-refractivity contribution in [1.29, 1.82) is 0 Å². The molecule has 1 atom stereocenters. The van der Waals surface area contributed by atoms with E-state index in [0.717, 1.165) is 16.7 Å². The molecule has 15 heavy (non-hydrogen) atoms. The number of hydroxylamine groups is 1. The van der Waals surface area contributed by atoms with Gasteiger partial charge in [-0.15, -0.1) is 0 Å². The SMILES string of the molecule is CC/C=[N+](\[O-])C(COC)c1ccccc1. The molecule has 1 aromatic carbocycles. The average molecular weight is 207 g/mol. The Labute approximate surface area is 90.6 Å². The van der Waals surface area contributed by atoms with Gasteiger partial charge in [0.05, 0.1) is 0 Å². The van der Waals surface area contributed by atoms with Crippen LogP contribution in [0.1, 0.15) is 24.9 Å². The number of nitrogens with zero attached hydrogens (tertiary/aromatic N) is 1. The fraction of sp³-hybridized carbons (Fsp3) is 0.417. The van der Waals surface area contributed by atoms with Crippen LogP contribution in [0.5, 0.6) is 0 Å². The molecule has 0 fully saturated rings. The smallest absolute Gasteiger partial charge is 0.211 e. The van der Waals surface area contributed by atoms with E-state index in [1.807, 2.05) is 37.3 Å². The van der Waals surface area contributed by atoms with Crippen LogP contribution < -0.4 is 0 Å². The molecule has 0 aliphatic heterocycles. The molecule has 0 heterocycles. The molecule has 0 spiro atoms. The summed E-state index contributed by atoms with van der Waals surface area (Å²) in [5, 5.41) is 11.7.